The molecule has 2 amide bonds. The van der Waals surface area contributed by atoms with E-state index in [2.05, 4.69) is 16.7 Å². The van der Waals surface area contributed by atoms with Crippen molar-refractivity contribution in [1.82, 2.24) is 9.88 Å². The van der Waals surface area contributed by atoms with Crippen LogP contribution in [0.1, 0.15) is 32.7 Å². The van der Waals surface area contributed by atoms with Crippen LogP contribution in [-0.4, -0.2) is 35.5 Å². The highest BCUT2D eigenvalue weighted by Crippen LogP contribution is 2.27. The maximum Gasteiger partial charge on any atom is 0.325 e. The van der Waals surface area contributed by atoms with Gasteiger partial charge in [-0.1, -0.05) is 48.5 Å². The van der Waals surface area contributed by atoms with Crippen molar-refractivity contribution >= 4 is 23.6 Å². The Labute approximate surface area is 191 Å². The molecule has 0 radical (unpaired) electrons. The second kappa shape index (κ2) is 10.8. The van der Waals surface area contributed by atoms with Crippen molar-refractivity contribution in [3.63, 3.8) is 0 Å². The second-order valence-electron chi connectivity index (χ2n) is 7.38. The van der Waals surface area contributed by atoms with Gasteiger partial charge in [0.25, 0.3) is 11.8 Å². The largest absolute Gasteiger partial charge is 0.454 e. The molecule has 2 aromatic carbocycles. The first-order valence-electron chi connectivity index (χ1n) is 10.3. The molecule has 1 heterocycles. The number of nitriles is 1. The van der Waals surface area contributed by atoms with Crippen LogP contribution >= 0.6 is 0 Å². The Hall–Kier alpha value is -4.38. The number of carbonyl (C=O) groups is 3. The molecule has 0 aliphatic heterocycles. The van der Waals surface area contributed by atoms with Crippen LogP contribution < -0.4 is 10.6 Å². The van der Waals surface area contributed by atoms with Gasteiger partial charge in [-0.25, -0.2) is 0 Å². The van der Waals surface area contributed by atoms with Crippen molar-refractivity contribution < 1.29 is 19.1 Å². The first kappa shape index (κ1) is 23.3. The van der Waals surface area contributed by atoms with Crippen LogP contribution in [0.4, 0.5) is 5.82 Å². The summed E-state index contributed by atoms with van der Waals surface area (Å²) in [4.78, 5) is 36.4. The van der Waals surface area contributed by atoms with Crippen molar-refractivity contribution in [1.29, 1.82) is 5.26 Å². The molecule has 2 N–H and O–H groups in total. The third-order valence-electron chi connectivity index (χ3n) is 5.18. The molecule has 3 rings (SSSR count). The molecule has 0 bridgehead atoms. The van der Waals surface area contributed by atoms with E-state index in [1.807, 2.05) is 48.7 Å². The Morgan fingerprint density at radius 2 is 1.64 bits per heavy atom. The molecule has 8 nitrogen and oxygen atoms in total. The van der Waals surface area contributed by atoms with Gasteiger partial charge in [0.15, 0.2) is 6.61 Å². The van der Waals surface area contributed by atoms with E-state index in [-0.39, 0.29) is 6.54 Å². The van der Waals surface area contributed by atoms with E-state index in [0.29, 0.717) is 23.5 Å². The van der Waals surface area contributed by atoms with E-state index < -0.39 is 24.4 Å². The number of nitrogens with one attached hydrogen (secondary N) is 2. The minimum atomic E-state index is -0.748. The Kier molecular flexibility index (Phi) is 7.60. The van der Waals surface area contributed by atoms with Gasteiger partial charge in [0.1, 0.15) is 18.4 Å². The number of hydrogen-bond donors (Lipinski definition) is 2. The molecular formula is C25H24N4O4. The summed E-state index contributed by atoms with van der Waals surface area (Å²) in [6.07, 6.45) is 0. The van der Waals surface area contributed by atoms with E-state index in [1.54, 1.807) is 30.3 Å². The van der Waals surface area contributed by atoms with E-state index in [1.165, 1.54) is 0 Å². The number of anilines is 1. The highest BCUT2D eigenvalue weighted by Gasteiger charge is 2.20. The summed E-state index contributed by atoms with van der Waals surface area (Å²) in [7, 11) is 0. The fraction of sp³-hybridized carbons (Fsp3) is 0.200. The zero-order valence-corrected chi connectivity index (χ0v) is 18.4. The van der Waals surface area contributed by atoms with Gasteiger partial charge in [0, 0.05) is 17.8 Å². The molecule has 168 valence electrons. The number of carbonyl (C=O) groups excluding carboxylic acids is 3. The summed E-state index contributed by atoms with van der Waals surface area (Å²) in [6.45, 7) is 3.26. The maximum atomic E-state index is 12.5. The molecule has 0 fully saturated rings. The zero-order chi connectivity index (χ0) is 23.8. The molecule has 8 heteroatoms. The van der Waals surface area contributed by atoms with Gasteiger partial charge in [-0.2, -0.15) is 5.26 Å². The number of hydrogen-bond acceptors (Lipinski definition) is 5. The Morgan fingerprint density at radius 1 is 1.00 bits per heavy atom. The molecule has 0 aliphatic carbocycles. The van der Waals surface area contributed by atoms with Gasteiger partial charge in [0.2, 0.25) is 0 Å². The minimum absolute atomic E-state index is 0.356. The number of rotatable bonds is 8. The topological polar surface area (TPSA) is 113 Å². The molecular weight excluding hydrogens is 420 g/mol. The van der Waals surface area contributed by atoms with E-state index in [4.69, 9.17) is 4.74 Å². The third-order valence-corrected chi connectivity index (χ3v) is 5.18. The SMILES string of the molecule is Cc1c(C#N)c(NC(=O)COC(=O)CNC(=O)c2ccccc2)n(Cc2ccccc2)c1C. The quantitative estimate of drug-likeness (QED) is 0.519. The monoisotopic (exact) mass is 444 g/mol. The van der Waals surface area contributed by atoms with Gasteiger partial charge in [0.05, 0.1) is 5.56 Å². The van der Waals surface area contributed by atoms with Crippen molar-refractivity contribution in [3.05, 3.63) is 88.6 Å². The Bertz CT molecular complexity index is 1190. The molecule has 0 atom stereocenters. The van der Waals surface area contributed by atoms with Crippen LogP contribution in [0, 0.1) is 25.2 Å². The van der Waals surface area contributed by atoms with Crippen LogP contribution in [0.15, 0.2) is 60.7 Å². The van der Waals surface area contributed by atoms with Gasteiger partial charge in [-0.05, 0) is 37.1 Å². The molecule has 1 aromatic heterocycles. The standard InChI is InChI=1S/C25H24N4O4/c1-17-18(2)29(15-19-9-5-3-6-10-19)24(21(17)13-26)28-22(30)16-33-23(31)14-27-25(32)20-11-7-4-8-12-20/h3-12H,14-16H2,1-2H3,(H,27,32)(H,28,30). The van der Waals surface area contributed by atoms with Gasteiger partial charge in [-0.15, -0.1) is 0 Å². The van der Waals surface area contributed by atoms with Crippen LogP contribution in [0.2, 0.25) is 0 Å². The van der Waals surface area contributed by atoms with Crippen molar-refractivity contribution in [2.24, 2.45) is 0 Å². The molecule has 0 saturated heterocycles. The van der Waals surface area contributed by atoms with Crippen molar-refractivity contribution in [2.75, 3.05) is 18.5 Å². The fourth-order valence-corrected chi connectivity index (χ4v) is 3.30. The second-order valence-corrected chi connectivity index (χ2v) is 7.38. The number of nitrogens with zero attached hydrogens (tertiary/aromatic N) is 2. The average Bonchev–Trinajstić information content (AvgIpc) is 3.06. The van der Waals surface area contributed by atoms with Crippen LogP contribution in [0.25, 0.3) is 0 Å². The van der Waals surface area contributed by atoms with Crippen LogP contribution in [0.3, 0.4) is 0 Å². The fourth-order valence-electron chi connectivity index (χ4n) is 3.30. The Balaban J connectivity index is 1.60. The zero-order valence-electron chi connectivity index (χ0n) is 18.4. The lowest BCUT2D eigenvalue weighted by molar-refractivity contribution is -0.146. The number of amides is 2. The highest BCUT2D eigenvalue weighted by atomic mass is 16.5. The van der Waals surface area contributed by atoms with Gasteiger partial charge in [-0.3, -0.25) is 14.4 Å². The molecule has 0 unspecified atom stereocenters. The average molecular weight is 444 g/mol. The molecule has 0 aliphatic rings. The lowest BCUT2D eigenvalue weighted by atomic mass is 10.2. The van der Waals surface area contributed by atoms with E-state index in [9.17, 15) is 19.6 Å². The molecule has 3 aromatic rings. The van der Waals surface area contributed by atoms with Gasteiger partial charge >= 0.3 is 5.97 Å². The number of benzene rings is 2. The van der Waals surface area contributed by atoms with Gasteiger partial charge < -0.3 is 19.9 Å². The summed E-state index contributed by atoms with van der Waals surface area (Å²) >= 11 is 0. The van der Waals surface area contributed by atoms with E-state index >= 15 is 0 Å². The lowest BCUT2D eigenvalue weighted by Gasteiger charge is -2.13. The van der Waals surface area contributed by atoms with Crippen LogP contribution in [-0.2, 0) is 20.9 Å². The smallest absolute Gasteiger partial charge is 0.325 e. The summed E-state index contributed by atoms with van der Waals surface area (Å²) in [6, 6.07) is 20.2. The lowest BCUT2D eigenvalue weighted by Crippen LogP contribution is -2.32. The number of aromatic nitrogens is 1. The first-order valence-corrected chi connectivity index (χ1v) is 10.3. The summed E-state index contributed by atoms with van der Waals surface area (Å²) in [5, 5.41) is 14.8. The third kappa shape index (κ3) is 5.86. The van der Waals surface area contributed by atoms with Crippen molar-refractivity contribution in [3.8, 4) is 6.07 Å². The maximum absolute atomic E-state index is 12.5. The van der Waals surface area contributed by atoms with Crippen LogP contribution in [0.5, 0.6) is 0 Å². The summed E-state index contributed by atoms with van der Waals surface area (Å²) in [5.41, 5.74) is 3.40. The predicted molar refractivity (Wildman–Crippen MR) is 123 cm³/mol. The first-order chi connectivity index (χ1) is 15.9. The number of esters is 1. The van der Waals surface area contributed by atoms with E-state index in [0.717, 1.165) is 16.8 Å². The highest BCUT2D eigenvalue weighted by molar-refractivity contribution is 5.96. The number of ether oxygens (including phenoxy) is 1. The molecule has 33 heavy (non-hydrogen) atoms. The predicted octanol–water partition coefficient (Wildman–Crippen LogP) is 2.94. The summed E-state index contributed by atoms with van der Waals surface area (Å²) < 4.78 is 6.82. The Morgan fingerprint density at radius 3 is 2.27 bits per heavy atom. The summed E-state index contributed by atoms with van der Waals surface area (Å²) in [5.74, 6) is -1.39. The molecule has 0 saturated carbocycles. The van der Waals surface area contributed by atoms with Crippen molar-refractivity contribution in [2.45, 2.75) is 20.4 Å². The minimum Gasteiger partial charge on any atom is -0.454 e. The molecule has 0 spiro atoms. The normalized spacial score (nSPS) is 10.2.